The van der Waals surface area contributed by atoms with Crippen molar-refractivity contribution in [3.05, 3.63) is 46.7 Å². The molecule has 0 saturated carbocycles. The van der Waals surface area contributed by atoms with Crippen molar-refractivity contribution in [1.82, 2.24) is 9.97 Å². The van der Waals surface area contributed by atoms with E-state index in [1.807, 2.05) is 25.1 Å². The molecule has 2 rings (SSSR count). The van der Waals surface area contributed by atoms with E-state index in [-0.39, 0.29) is 5.91 Å². The third-order valence-corrected chi connectivity index (χ3v) is 3.17. The Morgan fingerprint density at radius 3 is 2.80 bits per heavy atom. The number of amides is 1. The molecule has 5 nitrogen and oxygen atoms in total. The lowest BCUT2D eigenvalue weighted by Crippen LogP contribution is -2.17. The van der Waals surface area contributed by atoms with Gasteiger partial charge in [0, 0.05) is 35.5 Å². The molecule has 1 aromatic heterocycles. The fourth-order valence-corrected chi connectivity index (χ4v) is 1.98. The monoisotopic (exact) mass is 334 g/mol. The highest BCUT2D eigenvalue weighted by molar-refractivity contribution is 9.10. The van der Waals surface area contributed by atoms with Crippen molar-refractivity contribution >= 4 is 33.5 Å². The molecular formula is C14H15BrN4O. The molecule has 0 spiro atoms. The van der Waals surface area contributed by atoms with Crippen LogP contribution in [-0.4, -0.2) is 22.4 Å². The number of rotatable bonds is 5. The van der Waals surface area contributed by atoms with Crippen molar-refractivity contribution in [2.45, 2.75) is 13.3 Å². The Balaban J connectivity index is 1.82. The summed E-state index contributed by atoms with van der Waals surface area (Å²) in [5.74, 6) is 0.480. The molecule has 1 amide bonds. The lowest BCUT2D eigenvalue weighted by Gasteiger charge is -2.09. The van der Waals surface area contributed by atoms with Gasteiger partial charge in [0.15, 0.2) is 0 Å². The summed E-state index contributed by atoms with van der Waals surface area (Å²) in [6.07, 6.45) is 3.66. The lowest BCUT2D eigenvalue weighted by atomic mass is 10.2. The van der Waals surface area contributed by atoms with E-state index in [0.29, 0.717) is 18.9 Å². The fraction of sp³-hybridized carbons (Fsp3) is 0.214. The summed E-state index contributed by atoms with van der Waals surface area (Å²) >= 11 is 3.39. The number of nitrogens with zero attached hydrogens (tertiary/aromatic N) is 2. The van der Waals surface area contributed by atoms with Crippen LogP contribution >= 0.6 is 15.9 Å². The van der Waals surface area contributed by atoms with Crippen LogP contribution in [0.25, 0.3) is 0 Å². The summed E-state index contributed by atoms with van der Waals surface area (Å²) < 4.78 is 0.939. The van der Waals surface area contributed by atoms with E-state index in [4.69, 9.17) is 0 Å². The van der Waals surface area contributed by atoms with Crippen LogP contribution in [0.3, 0.4) is 0 Å². The van der Waals surface area contributed by atoms with Gasteiger partial charge >= 0.3 is 0 Å². The molecule has 0 radical (unpaired) electrons. The summed E-state index contributed by atoms with van der Waals surface area (Å²) in [5.41, 5.74) is 1.85. The molecule has 0 unspecified atom stereocenters. The topological polar surface area (TPSA) is 66.9 Å². The SMILES string of the molecule is Cc1ccc(Br)cc1NC(=O)CCNc1ncccn1. The Labute approximate surface area is 126 Å². The highest BCUT2D eigenvalue weighted by Crippen LogP contribution is 2.20. The number of carbonyl (C=O) groups excluding carboxylic acids is 1. The number of hydrogen-bond acceptors (Lipinski definition) is 4. The van der Waals surface area contributed by atoms with Gasteiger partial charge in [-0.25, -0.2) is 9.97 Å². The molecule has 0 fully saturated rings. The predicted molar refractivity (Wildman–Crippen MR) is 82.6 cm³/mol. The quantitative estimate of drug-likeness (QED) is 0.882. The van der Waals surface area contributed by atoms with Gasteiger partial charge in [0.05, 0.1) is 0 Å². The molecule has 0 bridgehead atoms. The van der Waals surface area contributed by atoms with Gasteiger partial charge in [-0.05, 0) is 30.7 Å². The summed E-state index contributed by atoms with van der Waals surface area (Å²) in [7, 11) is 0. The molecule has 0 saturated heterocycles. The van der Waals surface area contributed by atoms with Gasteiger partial charge in [-0.2, -0.15) is 0 Å². The minimum absolute atomic E-state index is 0.0466. The summed E-state index contributed by atoms with van der Waals surface area (Å²) in [6, 6.07) is 7.53. The van der Waals surface area contributed by atoms with Crippen LogP contribution in [0.4, 0.5) is 11.6 Å². The van der Waals surface area contributed by atoms with Crippen LogP contribution < -0.4 is 10.6 Å². The molecule has 2 aromatic rings. The standard InChI is InChI=1S/C14H15BrN4O/c1-10-3-4-11(15)9-12(10)19-13(20)5-8-18-14-16-6-2-7-17-14/h2-4,6-7,9H,5,8H2,1H3,(H,19,20)(H,16,17,18). The smallest absolute Gasteiger partial charge is 0.226 e. The number of benzene rings is 1. The van der Waals surface area contributed by atoms with E-state index in [1.165, 1.54) is 0 Å². The van der Waals surface area contributed by atoms with Gasteiger partial charge in [0.2, 0.25) is 11.9 Å². The first-order valence-electron chi connectivity index (χ1n) is 6.22. The first kappa shape index (κ1) is 14.5. The molecule has 0 aliphatic rings. The highest BCUT2D eigenvalue weighted by atomic mass is 79.9. The average Bonchev–Trinajstić information content (AvgIpc) is 2.44. The third-order valence-electron chi connectivity index (χ3n) is 2.67. The first-order valence-corrected chi connectivity index (χ1v) is 7.01. The Bertz CT molecular complexity index is 589. The lowest BCUT2D eigenvalue weighted by molar-refractivity contribution is -0.115. The van der Waals surface area contributed by atoms with Crippen LogP contribution in [0.15, 0.2) is 41.1 Å². The Morgan fingerprint density at radius 2 is 2.05 bits per heavy atom. The fourth-order valence-electron chi connectivity index (χ4n) is 1.62. The molecule has 0 atom stereocenters. The highest BCUT2D eigenvalue weighted by Gasteiger charge is 2.05. The third kappa shape index (κ3) is 4.31. The van der Waals surface area contributed by atoms with E-state index < -0.39 is 0 Å². The second-order valence-electron chi connectivity index (χ2n) is 4.26. The van der Waals surface area contributed by atoms with Crippen molar-refractivity contribution in [1.29, 1.82) is 0 Å². The van der Waals surface area contributed by atoms with Gasteiger partial charge in [0.1, 0.15) is 0 Å². The zero-order chi connectivity index (χ0) is 14.4. The summed E-state index contributed by atoms with van der Waals surface area (Å²) in [5, 5.41) is 5.88. The van der Waals surface area contributed by atoms with E-state index >= 15 is 0 Å². The molecule has 0 aliphatic carbocycles. The van der Waals surface area contributed by atoms with Gasteiger partial charge in [-0.1, -0.05) is 22.0 Å². The first-order chi connectivity index (χ1) is 9.65. The molecular weight excluding hydrogens is 320 g/mol. The van der Waals surface area contributed by atoms with Crippen LogP contribution in [0.1, 0.15) is 12.0 Å². The zero-order valence-electron chi connectivity index (χ0n) is 11.1. The van der Waals surface area contributed by atoms with Crippen molar-refractivity contribution in [3.63, 3.8) is 0 Å². The minimum atomic E-state index is -0.0466. The summed E-state index contributed by atoms with van der Waals surface area (Å²) in [4.78, 5) is 19.9. The number of anilines is 2. The number of aryl methyl sites for hydroxylation is 1. The second-order valence-corrected chi connectivity index (χ2v) is 5.17. The van der Waals surface area contributed by atoms with Crippen molar-refractivity contribution in [2.24, 2.45) is 0 Å². The van der Waals surface area contributed by atoms with E-state index in [1.54, 1.807) is 18.5 Å². The van der Waals surface area contributed by atoms with Crippen LogP contribution in [0, 0.1) is 6.92 Å². The van der Waals surface area contributed by atoms with Crippen LogP contribution in [0.5, 0.6) is 0 Å². The minimum Gasteiger partial charge on any atom is -0.354 e. The maximum Gasteiger partial charge on any atom is 0.226 e. The Hall–Kier alpha value is -1.95. The van der Waals surface area contributed by atoms with E-state index in [9.17, 15) is 4.79 Å². The largest absolute Gasteiger partial charge is 0.354 e. The maximum absolute atomic E-state index is 11.9. The number of halogens is 1. The van der Waals surface area contributed by atoms with E-state index in [2.05, 4.69) is 36.5 Å². The normalized spacial score (nSPS) is 10.1. The maximum atomic E-state index is 11.9. The molecule has 0 aliphatic heterocycles. The molecule has 20 heavy (non-hydrogen) atoms. The second kappa shape index (κ2) is 7.00. The van der Waals surface area contributed by atoms with Gasteiger partial charge in [-0.3, -0.25) is 4.79 Å². The van der Waals surface area contributed by atoms with Crippen molar-refractivity contribution in [2.75, 3.05) is 17.2 Å². The van der Waals surface area contributed by atoms with Gasteiger partial charge in [0.25, 0.3) is 0 Å². The molecule has 104 valence electrons. The number of carbonyl (C=O) groups is 1. The number of hydrogen-bond donors (Lipinski definition) is 2. The molecule has 6 heteroatoms. The number of nitrogens with one attached hydrogen (secondary N) is 2. The van der Waals surface area contributed by atoms with Gasteiger partial charge < -0.3 is 10.6 Å². The van der Waals surface area contributed by atoms with Crippen molar-refractivity contribution < 1.29 is 4.79 Å². The molecule has 1 heterocycles. The van der Waals surface area contributed by atoms with Crippen LogP contribution in [-0.2, 0) is 4.79 Å². The van der Waals surface area contributed by atoms with Crippen LogP contribution in [0.2, 0.25) is 0 Å². The van der Waals surface area contributed by atoms with Crippen molar-refractivity contribution in [3.8, 4) is 0 Å². The number of aromatic nitrogens is 2. The molecule has 1 aromatic carbocycles. The van der Waals surface area contributed by atoms with E-state index in [0.717, 1.165) is 15.7 Å². The average molecular weight is 335 g/mol. The molecule has 2 N–H and O–H groups in total. The van der Waals surface area contributed by atoms with Gasteiger partial charge in [-0.15, -0.1) is 0 Å². The summed E-state index contributed by atoms with van der Waals surface area (Å²) in [6.45, 7) is 2.45. The Morgan fingerprint density at radius 1 is 1.30 bits per heavy atom. The Kier molecular flexibility index (Phi) is 5.06. The predicted octanol–water partition coefficient (Wildman–Crippen LogP) is 2.99. The zero-order valence-corrected chi connectivity index (χ0v) is 12.6.